The summed E-state index contributed by atoms with van der Waals surface area (Å²) in [6, 6.07) is 5.06. The Morgan fingerprint density at radius 3 is 2.80 bits per heavy atom. The standard InChI is InChI=1S/C11H8ClNO2/c1-6-2-9(11(14)15)8-4-7(12)5-13-10(8)3-6/h2-5H,1H3,(H,14,15). The minimum Gasteiger partial charge on any atom is -0.478 e. The van der Waals surface area contributed by atoms with Gasteiger partial charge in [-0.3, -0.25) is 4.98 Å². The summed E-state index contributed by atoms with van der Waals surface area (Å²) in [6.45, 7) is 1.84. The molecule has 0 saturated heterocycles. The second-order valence-corrected chi connectivity index (χ2v) is 3.77. The van der Waals surface area contributed by atoms with Crippen LogP contribution in [0.5, 0.6) is 0 Å². The Bertz CT molecular complexity index is 552. The minimum absolute atomic E-state index is 0.236. The molecule has 1 aromatic carbocycles. The van der Waals surface area contributed by atoms with Crippen molar-refractivity contribution in [1.29, 1.82) is 0 Å². The fourth-order valence-electron chi connectivity index (χ4n) is 1.52. The Kier molecular flexibility index (Phi) is 2.32. The van der Waals surface area contributed by atoms with Crippen LogP contribution in [-0.2, 0) is 0 Å². The lowest BCUT2D eigenvalue weighted by molar-refractivity contribution is 0.0699. The van der Waals surface area contributed by atoms with E-state index in [1.165, 1.54) is 6.20 Å². The van der Waals surface area contributed by atoms with Crippen LogP contribution in [0, 0.1) is 6.92 Å². The number of hydrogen-bond acceptors (Lipinski definition) is 2. The number of carboxylic acid groups (broad SMARTS) is 1. The van der Waals surface area contributed by atoms with Gasteiger partial charge < -0.3 is 5.11 Å². The van der Waals surface area contributed by atoms with Crippen molar-refractivity contribution in [2.45, 2.75) is 6.92 Å². The predicted molar refractivity (Wildman–Crippen MR) is 58.4 cm³/mol. The SMILES string of the molecule is Cc1cc(C(=O)O)c2cc(Cl)cnc2c1. The Hall–Kier alpha value is -1.61. The molecule has 4 heteroatoms. The lowest BCUT2D eigenvalue weighted by Crippen LogP contribution is -1.99. The highest BCUT2D eigenvalue weighted by atomic mass is 35.5. The van der Waals surface area contributed by atoms with Crippen LogP contribution in [0.3, 0.4) is 0 Å². The van der Waals surface area contributed by atoms with Crippen LogP contribution in [0.15, 0.2) is 24.4 Å². The van der Waals surface area contributed by atoms with Gasteiger partial charge in [0.1, 0.15) is 0 Å². The van der Waals surface area contributed by atoms with E-state index in [9.17, 15) is 4.79 Å². The van der Waals surface area contributed by atoms with Gasteiger partial charge in [0.15, 0.2) is 0 Å². The zero-order valence-corrected chi connectivity index (χ0v) is 8.75. The van der Waals surface area contributed by atoms with Gasteiger partial charge in [0.25, 0.3) is 0 Å². The Morgan fingerprint density at radius 1 is 1.40 bits per heavy atom. The van der Waals surface area contributed by atoms with Crippen molar-refractivity contribution < 1.29 is 9.90 Å². The number of aromatic carboxylic acids is 1. The normalized spacial score (nSPS) is 10.5. The van der Waals surface area contributed by atoms with Gasteiger partial charge in [0.2, 0.25) is 0 Å². The van der Waals surface area contributed by atoms with Gasteiger partial charge in [-0.15, -0.1) is 0 Å². The first-order valence-electron chi connectivity index (χ1n) is 4.37. The summed E-state index contributed by atoms with van der Waals surface area (Å²) in [5.41, 5.74) is 1.76. The first-order chi connectivity index (χ1) is 7.08. The molecule has 0 spiro atoms. The van der Waals surface area contributed by atoms with E-state index in [1.54, 1.807) is 12.1 Å². The monoisotopic (exact) mass is 221 g/mol. The van der Waals surface area contributed by atoms with Gasteiger partial charge in [-0.05, 0) is 30.7 Å². The van der Waals surface area contributed by atoms with Gasteiger partial charge in [-0.2, -0.15) is 0 Å². The smallest absolute Gasteiger partial charge is 0.336 e. The highest BCUT2D eigenvalue weighted by molar-refractivity contribution is 6.31. The van der Waals surface area contributed by atoms with Crippen molar-refractivity contribution in [3.8, 4) is 0 Å². The van der Waals surface area contributed by atoms with Gasteiger partial charge in [-0.25, -0.2) is 4.79 Å². The first kappa shape index (κ1) is 9.93. The van der Waals surface area contributed by atoms with Crippen LogP contribution in [0.25, 0.3) is 10.9 Å². The number of halogens is 1. The third-order valence-electron chi connectivity index (χ3n) is 2.14. The molecule has 0 fully saturated rings. The number of carbonyl (C=O) groups is 1. The third kappa shape index (κ3) is 1.78. The van der Waals surface area contributed by atoms with Crippen LogP contribution >= 0.6 is 11.6 Å². The number of aromatic nitrogens is 1. The van der Waals surface area contributed by atoms with E-state index in [2.05, 4.69) is 4.98 Å². The summed E-state index contributed by atoms with van der Waals surface area (Å²) in [6.07, 6.45) is 1.51. The number of carboxylic acids is 1. The van der Waals surface area contributed by atoms with E-state index in [0.29, 0.717) is 15.9 Å². The molecule has 1 aromatic heterocycles. The molecular weight excluding hydrogens is 214 g/mol. The fourth-order valence-corrected chi connectivity index (χ4v) is 1.68. The first-order valence-corrected chi connectivity index (χ1v) is 4.75. The molecule has 0 aliphatic rings. The molecule has 0 amide bonds. The fraction of sp³-hybridized carbons (Fsp3) is 0.0909. The lowest BCUT2D eigenvalue weighted by Gasteiger charge is -2.04. The predicted octanol–water partition coefficient (Wildman–Crippen LogP) is 2.89. The summed E-state index contributed by atoms with van der Waals surface area (Å²) < 4.78 is 0. The van der Waals surface area contributed by atoms with Crippen LogP contribution in [0.1, 0.15) is 15.9 Å². The van der Waals surface area contributed by atoms with Gasteiger partial charge in [0.05, 0.1) is 16.1 Å². The van der Waals surface area contributed by atoms with Crippen LogP contribution in [0.4, 0.5) is 0 Å². The van der Waals surface area contributed by atoms with E-state index in [4.69, 9.17) is 16.7 Å². The van der Waals surface area contributed by atoms with E-state index < -0.39 is 5.97 Å². The van der Waals surface area contributed by atoms with Gasteiger partial charge in [-0.1, -0.05) is 11.6 Å². The maximum atomic E-state index is 11.0. The molecule has 0 bridgehead atoms. The highest BCUT2D eigenvalue weighted by Crippen LogP contribution is 2.22. The molecule has 1 heterocycles. The highest BCUT2D eigenvalue weighted by Gasteiger charge is 2.10. The summed E-state index contributed by atoms with van der Waals surface area (Å²) in [7, 11) is 0. The molecular formula is C11H8ClNO2. The third-order valence-corrected chi connectivity index (χ3v) is 2.35. The van der Waals surface area contributed by atoms with Crippen molar-refractivity contribution in [3.05, 3.63) is 40.5 Å². The molecule has 2 rings (SSSR count). The van der Waals surface area contributed by atoms with Gasteiger partial charge >= 0.3 is 5.97 Å². The quantitative estimate of drug-likeness (QED) is 0.806. The topological polar surface area (TPSA) is 50.2 Å². The number of aryl methyl sites for hydroxylation is 1. The second kappa shape index (κ2) is 3.51. The molecule has 0 unspecified atom stereocenters. The largest absolute Gasteiger partial charge is 0.478 e. The molecule has 1 N–H and O–H groups in total. The number of hydrogen-bond donors (Lipinski definition) is 1. The summed E-state index contributed by atoms with van der Waals surface area (Å²) >= 11 is 5.78. The number of rotatable bonds is 1. The number of pyridine rings is 1. The van der Waals surface area contributed by atoms with Crippen LogP contribution in [-0.4, -0.2) is 16.1 Å². The van der Waals surface area contributed by atoms with Crippen molar-refractivity contribution in [2.75, 3.05) is 0 Å². The molecule has 76 valence electrons. The molecule has 0 aliphatic heterocycles. The number of nitrogens with zero attached hydrogens (tertiary/aromatic N) is 1. The van der Waals surface area contributed by atoms with E-state index in [1.807, 2.05) is 13.0 Å². The Morgan fingerprint density at radius 2 is 2.13 bits per heavy atom. The van der Waals surface area contributed by atoms with E-state index in [0.717, 1.165) is 5.56 Å². The van der Waals surface area contributed by atoms with Crippen LogP contribution < -0.4 is 0 Å². The van der Waals surface area contributed by atoms with Crippen LogP contribution in [0.2, 0.25) is 5.02 Å². The summed E-state index contributed by atoms with van der Waals surface area (Å²) in [5.74, 6) is -0.965. The second-order valence-electron chi connectivity index (χ2n) is 3.34. The summed E-state index contributed by atoms with van der Waals surface area (Å²) in [4.78, 5) is 15.1. The summed E-state index contributed by atoms with van der Waals surface area (Å²) in [5, 5.41) is 10.0. The number of benzene rings is 1. The molecule has 0 saturated carbocycles. The molecule has 0 atom stereocenters. The zero-order valence-electron chi connectivity index (χ0n) is 7.99. The van der Waals surface area contributed by atoms with Gasteiger partial charge in [0, 0.05) is 11.6 Å². The van der Waals surface area contributed by atoms with Crippen molar-refractivity contribution in [1.82, 2.24) is 4.98 Å². The zero-order chi connectivity index (χ0) is 11.0. The average molecular weight is 222 g/mol. The molecule has 0 aliphatic carbocycles. The lowest BCUT2D eigenvalue weighted by atomic mass is 10.1. The molecule has 3 nitrogen and oxygen atoms in total. The maximum Gasteiger partial charge on any atom is 0.336 e. The van der Waals surface area contributed by atoms with Crippen molar-refractivity contribution in [3.63, 3.8) is 0 Å². The van der Waals surface area contributed by atoms with E-state index in [-0.39, 0.29) is 5.56 Å². The Labute approximate surface area is 91.3 Å². The molecule has 0 radical (unpaired) electrons. The minimum atomic E-state index is -0.965. The maximum absolute atomic E-state index is 11.0. The average Bonchev–Trinajstić information content (AvgIpc) is 2.17. The molecule has 2 aromatic rings. The number of fused-ring (bicyclic) bond motifs is 1. The van der Waals surface area contributed by atoms with Crippen molar-refractivity contribution in [2.24, 2.45) is 0 Å². The Balaban J connectivity index is 2.87. The van der Waals surface area contributed by atoms with E-state index >= 15 is 0 Å². The van der Waals surface area contributed by atoms with Crippen molar-refractivity contribution >= 4 is 28.5 Å². The molecule has 15 heavy (non-hydrogen) atoms.